The van der Waals surface area contributed by atoms with Gasteiger partial charge in [-0.1, -0.05) is 18.2 Å². The molecule has 2 N–H and O–H groups in total. The van der Waals surface area contributed by atoms with Crippen LogP contribution in [0.15, 0.2) is 56.4 Å². The molecule has 24 heavy (non-hydrogen) atoms. The van der Waals surface area contributed by atoms with Crippen LogP contribution in [0.25, 0.3) is 33.5 Å². The highest BCUT2D eigenvalue weighted by Gasteiger charge is 2.16. The summed E-state index contributed by atoms with van der Waals surface area (Å²) in [6.45, 7) is 6.10. The quantitative estimate of drug-likeness (QED) is 0.414. The summed E-state index contributed by atoms with van der Waals surface area (Å²) in [7, 11) is 0. The van der Waals surface area contributed by atoms with Crippen LogP contribution in [-0.2, 0) is 0 Å². The number of nitrogens with zero attached hydrogens (tertiary/aromatic N) is 1. The SMILES string of the molecule is Cc1ccc2c(C)c(-c3c/c(=N/N)c4ccc(C)cc4o3)oc2c1. The van der Waals surface area contributed by atoms with Crippen molar-refractivity contribution in [1.29, 1.82) is 0 Å². The normalized spacial score (nSPS) is 12.4. The van der Waals surface area contributed by atoms with Gasteiger partial charge in [-0.25, -0.2) is 0 Å². The van der Waals surface area contributed by atoms with Gasteiger partial charge in [0.25, 0.3) is 0 Å². The van der Waals surface area contributed by atoms with Crippen LogP contribution in [0.4, 0.5) is 0 Å². The minimum atomic E-state index is 0.628. The summed E-state index contributed by atoms with van der Waals surface area (Å²) >= 11 is 0. The van der Waals surface area contributed by atoms with E-state index < -0.39 is 0 Å². The Bertz CT molecular complexity index is 1150. The molecular formula is C20H18N2O2. The second-order valence-corrected chi connectivity index (χ2v) is 6.18. The van der Waals surface area contributed by atoms with Crippen LogP contribution in [-0.4, -0.2) is 0 Å². The number of hydrogen-bond acceptors (Lipinski definition) is 4. The van der Waals surface area contributed by atoms with Crippen LogP contribution >= 0.6 is 0 Å². The minimum absolute atomic E-state index is 0.628. The molecule has 120 valence electrons. The Morgan fingerprint density at radius 3 is 2.08 bits per heavy atom. The van der Waals surface area contributed by atoms with Gasteiger partial charge < -0.3 is 14.7 Å². The van der Waals surface area contributed by atoms with Gasteiger partial charge in [0.05, 0.1) is 5.36 Å². The predicted molar refractivity (Wildman–Crippen MR) is 95.4 cm³/mol. The predicted octanol–water partition coefficient (Wildman–Crippen LogP) is 4.55. The zero-order chi connectivity index (χ0) is 16.8. The van der Waals surface area contributed by atoms with E-state index in [1.807, 2.05) is 51.1 Å². The lowest BCUT2D eigenvalue weighted by molar-refractivity contribution is 0.559. The van der Waals surface area contributed by atoms with Gasteiger partial charge in [0.1, 0.15) is 11.2 Å². The average Bonchev–Trinajstić information content (AvgIpc) is 2.89. The summed E-state index contributed by atoms with van der Waals surface area (Å²) in [5.41, 5.74) is 4.92. The number of fused-ring (bicyclic) bond motifs is 2. The van der Waals surface area contributed by atoms with Crippen molar-refractivity contribution in [3.63, 3.8) is 0 Å². The third-order valence-electron chi connectivity index (χ3n) is 4.36. The molecule has 4 nitrogen and oxygen atoms in total. The van der Waals surface area contributed by atoms with Crippen molar-refractivity contribution in [2.75, 3.05) is 0 Å². The van der Waals surface area contributed by atoms with E-state index in [4.69, 9.17) is 14.7 Å². The van der Waals surface area contributed by atoms with Crippen molar-refractivity contribution < 1.29 is 8.83 Å². The fourth-order valence-electron chi connectivity index (χ4n) is 3.06. The van der Waals surface area contributed by atoms with Gasteiger partial charge in [-0.15, -0.1) is 0 Å². The Morgan fingerprint density at radius 2 is 1.42 bits per heavy atom. The molecule has 0 fully saturated rings. The smallest absolute Gasteiger partial charge is 0.173 e. The fourth-order valence-corrected chi connectivity index (χ4v) is 3.06. The highest BCUT2D eigenvalue weighted by molar-refractivity contribution is 5.88. The van der Waals surface area contributed by atoms with Crippen molar-refractivity contribution in [3.05, 3.63) is 64.5 Å². The van der Waals surface area contributed by atoms with Crippen LogP contribution in [0, 0.1) is 20.8 Å². The summed E-state index contributed by atoms with van der Waals surface area (Å²) < 4.78 is 12.2. The molecule has 0 atom stereocenters. The molecule has 0 bridgehead atoms. The molecule has 0 saturated carbocycles. The van der Waals surface area contributed by atoms with Crippen LogP contribution in [0.1, 0.15) is 16.7 Å². The van der Waals surface area contributed by atoms with Crippen molar-refractivity contribution >= 4 is 21.9 Å². The molecule has 2 heterocycles. The summed E-state index contributed by atoms with van der Waals surface area (Å²) in [4.78, 5) is 0. The Kier molecular flexibility index (Phi) is 3.20. The summed E-state index contributed by atoms with van der Waals surface area (Å²) in [5.74, 6) is 6.93. The first-order valence-electron chi connectivity index (χ1n) is 7.85. The van der Waals surface area contributed by atoms with E-state index in [9.17, 15) is 0 Å². The van der Waals surface area contributed by atoms with Gasteiger partial charge >= 0.3 is 0 Å². The van der Waals surface area contributed by atoms with E-state index in [-0.39, 0.29) is 0 Å². The van der Waals surface area contributed by atoms with Crippen LogP contribution in [0.3, 0.4) is 0 Å². The molecule has 4 rings (SSSR count). The van der Waals surface area contributed by atoms with Crippen molar-refractivity contribution in [1.82, 2.24) is 0 Å². The molecule has 0 spiro atoms. The van der Waals surface area contributed by atoms with Crippen molar-refractivity contribution in [2.24, 2.45) is 10.9 Å². The number of benzene rings is 2. The zero-order valence-electron chi connectivity index (χ0n) is 13.9. The largest absolute Gasteiger partial charge is 0.453 e. The first kappa shape index (κ1) is 14.6. The van der Waals surface area contributed by atoms with Gasteiger partial charge in [0, 0.05) is 22.4 Å². The third-order valence-corrected chi connectivity index (χ3v) is 4.36. The fraction of sp³-hybridized carbons (Fsp3) is 0.150. The molecular weight excluding hydrogens is 300 g/mol. The van der Waals surface area contributed by atoms with E-state index in [0.29, 0.717) is 16.9 Å². The number of aryl methyl sites for hydroxylation is 3. The Balaban J connectivity index is 2.05. The molecule has 0 saturated heterocycles. The molecule has 0 amide bonds. The topological polar surface area (TPSA) is 64.7 Å². The van der Waals surface area contributed by atoms with E-state index >= 15 is 0 Å². The second kappa shape index (κ2) is 5.27. The van der Waals surface area contributed by atoms with E-state index in [2.05, 4.69) is 17.2 Å². The highest BCUT2D eigenvalue weighted by atomic mass is 16.4. The van der Waals surface area contributed by atoms with Gasteiger partial charge in [0.15, 0.2) is 11.5 Å². The van der Waals surface area contributed by atoms with E-state index in [1.54, 1.807) is 0 Å². The lowest BCUT2D eigenvalue weighted by atomic mass is 10.1. The monoisotopic (exact) mass is 318 g/mol. The van der Waals surface area contributed by atoms with Crippen molar-refractivity contribution in [3.8, 4) is 11.5 Å². The van der Waals surface area contributed by atoms with Crippen LogP contribution in [0.5, 0.6) is 0 Å². The summed E-state index contributed by atoms with van der Waals surface area (Å²) in [6, 6.07) is 14.0. The van der Waals surface area contributed by atoms with Crippen molar-refractivity contribution in [2.45, 2.75) is 20.8 Å². The average molecular weight is 318 g/mol. The Morgan fingerprint density at radius 1 is 0.792 bits per heavy atom. The number of nitrogens with two attached hydrogens (primary N) is 1. The maximum atomic E-state index is 6.10. The molecule has 0 unspecified atom stereocenters. The van der Waals surface area contributed by atoms with Gasteiger partial charge in [0.2, 0.25) is 0 Å². The highest BCUT2D eigenvalue weighted by Crippen LogP contribution is 2.34. The lowest BCUT2D eigenvalue weighted by Crippen LogP contribution is -2.07. The molecule has 0 aliphatic rings. The van der Waals surface area contributed by atoms with Gasteiger partial charge in [-0.3, -0.25) is 0 Å². The standard InChI is InChI=1S/C20H18N2O2/c1-11-4-6-14-13(3)20(24-17(14)8-11)19-10-16(22-21)15-7-5-12(2)9-18(15)23-19/h4-10H,21H2,1-3H3/b22-16-. The molecule has 0 radical (unpaired) electrons. The molecule has 4 aromatic rings. The first-order chi connectivity index (χ1) is 11.6. The number of hydrogen-bond donors (Lipinski definition) is 1. The summed E-state index contributed by atoms with van der Waals surface area (Å²) in [5, 5.41) is 6.56. The maximum absolute atomic E-state index is 6.10. The Hall–Kier alpha value is -3.01. The zero-order valence-corrected chi connectivity index (χ0v) is 13.9. The second-order valence-electron chi connectivity index (χ2n) is 6.18. The molecule has 2 aromatic carbocycles. The minimum Gasteiger partial charge on any atom is -0.453 e. The van der Waals surface area contributed by atoms with Gasteiger partial charge in [-0.05, 0) is 50.1 Å². The molecule has 0 aliphatic carbocycles. The van der Waals surface area contributed by atoms with Crippen LogP contribution < -0.4 is 11.2 Å². The molecule has 0 aliphatic heterocycles. The van der Waals surface area contributed by atoms with Crippen LogP contribution in [0.2, 0.25) is 0 Å². The first-order valence-corrected chi connectivity index (χ1v) is 7.85. The lowest BCUT2D eigenvalue weighted by Gasteiger charge is -2.04. The Labute approximate surface area is 139 Å². The number of rotatable bonds is 1. The molecule has 2 aromatic heterocycles. The van der Waals surface area contributed by atoms with E-state index in [1.165, 1.54) is 0 Å². The van der Waals surface area contributed by atoms with Gasteiger partial charge in [-0.2, -0.15) is 5.10 Å². The third kappa shape index (κ3) is 2.19. The van der Waals surface area contributed by atoms with E-state index in [0.717, 1.165) is 38.6 Å². The maximum Gasteiger partial charge on any atom is 0.173 e. The number of furan rings is 1. The summed E-state index contributed by atoms with van der Waals surface area (Å²) in [6.07, 6.45) is 0. The molecule has 4 heteroatoms.